The smallest absolute Gasteiger partial charge is 0.248 e. The van der Waals surface area contributed by atoms with Gasteiger partial charge in [0.2, 0.25) is 5.56 Å². The predicted molar refractivity (Wildman–Crippen MR) is 60.0 cm³/mol. The highest BCUT2D eigenvalue weighted by Crippen LogP contribution is 2.19. The van der Waals surface area contributed by atoms with E-state index < -0.39 is 0 Å². The van der Waals surface area contributed by atoms with E-state index in [1.54, 1.807) is 12.3 Å². The van der Waals surface area contributed by atoms with Crippen LogP contribution in [0.25, 0.3) is 11.3 Å². The molecule has 0 radical (unpaired) electrons. The number of aromatic nitrogens is 2. The summed E-state index contributed by atoms with van der Waals surface area (Å²) in [4.78, 5) is 17.9. The highest BCUT2D eigenvalue weighted by Gasteiger charge is 2.01. The molecule has 4 heteroatoms. The Kier molecular flexibility index (Phi) is 2.56. The quantitative estimate of drug-likeness (QED) is 0.751. The van der Waals surface area contributed by atoms with Crippen LogP contribution >= 0.6 is 11.6 Å². The second-order valence-corrected chi connectivity index (χ2v) is 3.62. The minimum Gasteiger partial charge on any atom is -0.322 e. The SMILES string of the molecule is Cc1cc(-c2cccc(=O)[nH]2)cnc1Cl. The molecule has 0 atom stereocenters. The lowest BCUT2D eigenvalue weighted by atomic mass is 10.1. The lowest BCUT2D eigenvalue weighted by molar-refractivity contribution is 1.21. The average molecular weight is 221 g/mol. The molecule has 0 saturated carbocycles. The predicted octanol–water partition coefficient (Wildman–Crippen LogP) is 2.40. The number of hydrogen-bond donors (Lipinski definition) is 1. The van der Waals surface area contributed by atoms with Crippen LogP contribution in [0.5, 0.6) is 0 Å². The van der Waals surface area contributed by atoms with Crippen LogP contribution in [0.2, 0.25) is 5.15 Å². The summed E-state index contributed by atoms with van der Waals surface area (Å²) in [6.07, 6.45) is 1.64. The van der Waals surface area contributed by atoms with Crippen molar-refractivity contribution in [3.05, 3.63) is 51.5 Å². The summed E-state index contributed by atoms with van der Waals surface area (Å²) in [7, 11) is 0. The topological polar surface area (TPSA) is 45.8 Å². The zero-order valence-corrected chi connectivity index (χ0v) is 8.88. The molecule has 0 aliphatic heterocycles. The van der Waals surface area contributed by atoms with Gasteiger partial charge in [-0.05, 0) is 24.6 Å². The van der Waals surface area contributed by atoms with Gasteiger partial charge in [0, 0.05) is 23.5 Å². The lowest BCUT2D eigenvalue weighted by Gasteiger charge is -2.02. The van der Waals surface area contributed by atoms with Crippen molar-refractivity contribution in [2.45, 2.75) is 6.92 Å². The largest absolute Gasteiger partial charge is 0.322 e. The van der Waals surface area contributed by atoms with Gasteiger partial charge >= 0.3 is 0 Å². The summed E-state index contributed by atoms with van der Waals surface area (Å²) >= 11 is 5.82. The Morgan fingerprint density at radius 1 is 1.40 bits per heavy atom. The Labute approximate surface area is 91.8 Å². The van der Waals surface area contributed by atoms with E-state index in [0.29, 0.717) is 5.15 Å². The molecule has 2 aromatic rings. The number of hydrogen-bond acceptors (Lipinski definition) is 2. The third-order valence-corrected chi connectivity index (χ3v) is 2.49. The van der Waals surface area contributed by atoms with Crippen LogP contribution in [0.4, 0.5) is 0 Å². The van der Waals surface area contributed by atoms with Gasteiger partial charge in [0.15, 0.2) is 0 Å². The van der Waals surface area contributed by atoms with Crippen molar-refractivity contribution in [1.82, 2.24) is 9.97 Å². The minimum absolute atomic E-state index is 0.125. The molecule has 0 spiro atoms. The normalized spacial score (nSPS) is 10.3. The van der Waals surface area contributed by atoms with Crippen LogP contribution in [0.15, 0.2) is 35.3 Å². The molecule has 76 valence electrons. The molecule has 0 aliphatic rings. The number of pyridine rings is 2. The van der Waals surface area contributed by atoms with Crippen LogP contribution in [-0.2, 0) is 0 Å². The van der Waals surface area contributed by atoms with Gasteiger partial charge in [-0.15, -0.1) is 0 Å². The van der Waals surface area contributed by atoms with Crippen molar-refractivity contribution in [2.75, 3.05) is 0 Å². The monoisotopic (exact) mass is 220 g/mol. The average Bonchev–Trinajstić information content (AvgIpc) is 2.22. The van der Waals surface area contributed by atoms with Crippen LogP contribution in [0.3, 0.4) is 0 Å². The number of aryl methyl sites for hydroxylation is 1. The van der Waals surface area contributed by atoms with Crippen molar-refractivity contribution < 1.29 is 0 Å². The molecular weight excluding hydrogens is 212 g/mol. The van der Waals surface area contributed by atoms with E-state index in [2.05, 4.69) is 9.97 Å². The summed E-state index contributed by atoms with van der Waals surface area (Å²) in [5.74, 6) is 0. The fourth-order valence-electron chi connectivity index (χ4n) is 1.32. The molecule has 15 heavy (non-hydrogen) atoms. The van der Waals surface area contributed by atoms with E-state index in [9.17, 15) is 4.79 Å². The lowest BCUT2D eigenvalue weighted by Crippen LogP contribution is -2.03. The van der Waals surface area contributed by atoms with Crippen molar-refractivity contribution in [2.24, 2.45) is 0 Å². The molecule has 0 saturated heterocycles. The number of halogens is 1. The van der Waals surface area contributed by atoms with Gasteiger partial charge in [-0.25, -0.2) is 4.98 Å². The first-order valence-corrected chi connectivity index (χ1v) is 4.86. The summed E-state index contributed by atoms with van der Waals surface area (Å²) in [6.45, 7) is 1.87. The van der Waals surface area contributed by atoms with Gasteiger partial charge in [-0.3, -0.25) is 4.79 Å². The van der Waals surface area contributed by atoms with Crippen molar-refractivity contribution in [1.29, 1.82) is 0 Å². The Morgan fingerprint density at radius 3 is 2.87 bits per heavy atom. The first-order chi connectivity index (χ1) is 7.16. The highest BCUT2D eigenvalue weighted by molar-refractivity contribution is 6.30. The highest BCUT2D eigenvalue weighted by atomic mass is 35.5. The van der Waals surface area contributed by atoms with Gasteiger partial charge in [0.05, 0.1) is 0 Å². The van der Waals surface area contributed by atoms with Gasteiger partial charge < -0.3 is 4.98 Å². The molecular formula is C11H9ClN2O. The standard InChI is InChI=1S/C11H9ClN2O/c1-7-5-8(6-13-11(7)12)9-3-2-4-10(15)14-9/h2-6H,1H3,(H,14,15). The number of nitrogens with zero attached hydrogens (tertiary/aromatic N) is 1. The van der Waals surface area contributed by atoms with E-state index in [1.165, 1.54) is 6.07 Å². The van der Waals surface area contributed by atoms with Crippen LogP contribution in [0, 0.1) is 6.92 Å². The van der Waals surface area contributed by atoms with E-state index in [-0.39, 0.29) is 5.56 Å². The second-order valence-electron chi connectivity index (χ2n) is 3.26. The Hall–Kier alpha value is -1.61. The maximum Gasteiger partial charge on any atom is 0.248 e. The second kappa shape index (κ2) is 3.87. The van der Waals surface area contributed by atoms with Gasteiger partial charge in [0.1, 0.15) is 5.15 Å². The molecule has 0 aromatic carbocycles. The molecule has 0 amide bonds. The molecule has 2 rings (SSSR count). The summed E-state index contributed by atoms with van der Waals surface area (Å²) in [5, 5.41) is 0.483. The fraction of sp³-hybridized carbons (Fsp3) is 0.0909. The van der Waals surface area contributed by atoms with Crippen molar-refractivity contribution in [3.63, 3.8) is 0 Å². The molecule has 0 aliphatic carbocycles. The number of rotatable bonds is 1. The van der Waals surface area contributed by atoms with E-state index >= 15 is 0 Å². The Balaban J connectivity index is 2.55. The summed E-state index contributed by atoms with van der Waals surface area (Å²) < 4.78 is 0. The first-order valence-electron chi connectivity index (χ1n) is 4.48. The van der Waals surface area contributed by atoms with Crippen LogP contribution < -0.4 is 5.56 Å². The van der Waals surface area contributed by atoms with E-state index in [1.807, 2.05) is 19.1 Å². The molecule has 0 fully saturated rings. The van der Waals surface area contributed by atoms with Crippen molar-refractivity contribution in [3.8, 4) is 11.3 Å². The maximum absolute atomic E-state index is 11.1. The van der Waals surface area contributed by atoms with Gasteiger partial charge in [0.25, 0.3) is 0 Å². The van der Waals surface area contributed by atoms with E-state index in [0.717, 1.165) is 16.8 Å². The molecule has 2 heterocycles. The minimum atomic E-state index is -0.125. The molecule has 0 unspecified atom stereocenters. The third kappa shape index (κ3) is 2.07. The van der Waals surface area contributed by atoms with Crippen LogP contribution in [-0.4, -0.2) is 9.97 Å². The van der Waals surface area contributed by atoms with E-state index in [4.69, 9.17) is 11.6 Å². The number of aromatic amines is 1. The number of H-pyrrole nitrogens is 1. The van der Waals surface area contributed by atoms with Gasteiger partial charge in [-0.2, -0.15) is 0 Å². The molecule has 1 N–H and O–H groups in total. The van der Waals surface area contributed by atoms with Crippen molar-refractivity contribution >= 4 is 11.6 Å². The molecule has 2 aromatic heterocycles. The number of nitrogens with one attached hydrogen (secondary N) is 1. The zero-order valence-electron chi connectivity index (χ0n) is 8.12. The first kappa shape index (κ1) is 9.93. The Morgan fingerprint density at radius 2 is 2.20 bits per heavy atom. The van der Waals surface area contributed by atoms with Gasteiger partial charge in [-0.1, -0.05) is 17.7 Å². The fourth-order valence-corrected chi connectivity index (χ4v) is 1.42. The van der Waals surface area contributed by atoms with Crippen LogP contribution in [0.1, 0.15) is 5.56 Å². The summed E-state index contributed by atoms with van der Waals surface area (Å²) in [6, 6.07) is 6.89. The maximum atomic E-state index is 11.1. The molecule has 3 nitrogen and oxygen atoms in total. The molecule has 0 bridgehead atoms. The zero-order chi connectivity index (χ0) is 10.8. The Bertz CT molecular complexity index is 548. The third-order valence-electron chi connectivity index (χ3n) is 2.09. The summed E-state index contributed by atoms with van der Waals surface area (Å²) in [5.41, 5.74) is 2.36.